The number of rotatable bonds is 5. The Morgan fingerprint density at radius 1 is 1.23 bits per heavy atom. The molecule has 0 amide bonds. The van der Waals surface area contributed by atoms with Gasteiger partial charge in [-0.2, -0.15) is 0 Å². The van der Waals surface area contributed by atoms with Gasteiger partial charge in [-0.3, -0.25) is 4.57 Å². The molecule has 0 spiro atoms. The van der Waals surface area contributed by atoms with Crippen molar-refractivity contribution in [3.05, 3.63) is 34.2 Å². The number of nitrogens with zero attached hydrogens (tertiary/aromatic N) is 1. The van der Waals surface area contributed by atoms with Crippen LogP contribution in [0, 0.1) is 0 Å². The summed E-state index contributed by atoms with van der Waals surface area (Å²) in [6.07, 6.45) is 3.20. The highest BCUT2D eigenvalue weighted by molar-refractivity contribution is 7.62. The van der Waals surface area contributed by atoms with Gasteiger partial charge in [0.05, 0.1) is 29.7 Å². The van der Waals surface area contributed by atoms with E-state index >= 15 is 0 Å². The number of fused-ring (bicyclic) bond motifs is 3. The molecule has 0 unspecified atom stereocenters. The first kappa shape index (κ1) is 15.9. The van der Waals surface area contributed by atoms with E-state index in [1.54, 1.807) is 11.3 Å². The third-order valence-corrected chi connectivity index (χ3v) is 6.75. The Hall–Kier alpha value is -1.000. The first-order valence-corrected chi connectivity index (χ1v) is 10.1. The van der Waals surface area contributed by atoms with E-state index in [1.165, 1.54) is 10.4 Å². The summed E-state index contributed by atoms with van der Waals surface area (Å²) in [5.74, 6) is 0. The second-order valence-corrected chi connectivity index (χ2v) is 8.12. The highest BCUT2D eigenvalue weighted by Gasteiger charge is 2.28. The molecule has 0 N–H and O–H groups in total. The summed E-state index contributed by atoms with van der Waals surface area (Å²) >= 11 is 1.69. The second kappa shape index (κ2) is 6.63. The van der Waals surface area contributed by atoms with E-state index in [0.717, 1.165) is 30.5 Å². The summed E-state index contributed by atoms with van der Waals surface area (Å²) in [5, 5.41) is 0.621. The molecule has 1 aromatic carbocycles. The van der Waals surface area contributed by atoms with E-state index < -0.39 is 7.60 Å². The summed E-state index contributed by atoms with van der Waals surface area (Å²) in [6.45, 7) is 4.37. The summed E-state index contributed by atoms with van der Waals surface area (Å²) in [4.78, 5) is 5.82. The molecule has 0 saturated heterocycles. The van der Waals surface area contributed by atoms with Gasteiger partial charge in [0, 0.05) is 10.4 Å². The molecule has 1 aliphatic rings. The summed E-state index contributed by atoms with van der Waals surface area (Å²) in [7, 11) is -3.25. The van der Waals surface area contributed by atoms with Gasteiger partial charge in [-0.05, 0) is 50.8 Å². The first-order chi connectivity index (χ1) is 10.7. The minimum atomic E-state index is -3.25. The molecule has 0 radical (unpaired) electrons. The van der Waals surface area contributed by atoms with E-state index in [2.05, 4.69) is 4.98 Å². The maximum Gasteiger partial charge on any atom is 0.361 e. The molecule has 0 atom stereocenters. The second-order valence-electron chi connectivity index (χ2n) is 5.15. The van der Waals surface area contributed by atoms with Gasteiger partial charge in [0.15, 0.2) is 0 Å². The predicted molar refractivity (Wildman–Crippen MR) is 90.1 cm³/mol. The zero-order valence-corrected chi connectivity index (χ0v) is 14.6. The highest BCUT2D eigenvalue weighted by atomic mass is 32.1. The predicted octanol–water partition coefficient (Wildman–Crippen LogP) is 4.19. The van der Waals surface area contributed by atoms with Crippen LogP contribution in [0.1, 0.15) is 30.7 Å². The molecule has 1 heterocycles. The van der Waals surface area contributed by atoms with E-state index in [0.29, 0.717) is 18.5 Å². The smallest absolute Gasteiger partial charge is 0.305 e. The fourth-order valence-electron chi connectivity index (χ4n) is 2.81. The molecule has 3 rings (SSSR count). The van der Waals surface area contributed by atoms with Crippen molar-refractivity contribution in [2.45, 2.75) is 33.1 Å². The third-order valence-electron chi connectivity index (χ3n) is 3.75. The summed E-state index contributed by atoms with van der Waals surface area (Å²) in [5.41, 5.74) is 5.25. The van der Waals surface area contributed by atoms with E-state index in [4.69, 9.17) is 9.05 Å². The third kappa shape index (κ3) is 2.91. The molecule has 118 valence electrons. The van der Waals surface area contributed by atoms with Crippen LogP contribution in [-0.4, -0.2) is 18.2 Å². The average Bonchev–Trinajstić information content (AvgIpc) is 2.89. The Morgan fingerprint density at radius 3 is 2.73 bits per heavy atom. The zero-order chi connectivity index (χ0) is 15.6. The largest absolute Gasteiger partial charge is 0.361 e. The van der Waals surface area contributed by atoms with Crippen molar-refractivity contribution in [2.24, 2.45) is 0 Å². The molecule has 2 aromatic rings. The number of benzene rings is 1. The zero-order valence-electron chi connectivity index (χ0n) is 12.9. The lowest BCUT2D eigenvalue weighted by molar-refractivity contribution is 0.230. The molecule has 0 saturated carbocycles. The van der Waals surface area contributed by atoms with Gasteiger partial charge < -0.3 is 9.05 Å². The summed E-state index contributed by atoms with van der Waals surface area (Å²) < 4.78 is 23.9. The molecule has 22 heavy (non-hydrogen) atoms. The van der Waals surface area contributed by atoms with Crippen LogP contribution in [-0.2, 0) is 26.5 Å². The molecule has 1 aromatic heterocycles. The van der Waals surface area contributed by atoms with Gasteiger partial charge >= 0.3 is 7.60 Å². The van der Waals surface area contributed by atoms with Crippen LogP contribution in [0.5, 0.6) is 0 Å². The van der Waals surface area contributed by atoms with Crippen molar-refractivity contribution in [3.63, 3.8) is 0 Å². The number of hydrogen-bond acceptors (Lipinski definition) is 5. The maximum absolute atomic E-state index is 13.0. The molecule has 0 aliphatic heterocycles. The van der Waals surface area contributed by atoms with Crippen molar-refractivity contribution < 1.29 is 13.6 Å². The molecule has 1 aliphatic carbocycles. The van der Waals surface area contributed by atoms with Crippen LogP contribution in [0.4, 0.5) is 0 Å². The van der Waals surface area contributed by atoms with Crippen LogP contribution in [0.15, 0.2) is 23.7 Å². The fraction of sp³-hybridized carbons (Fsp3) is 0.438. The summed E-state index contributed by atoms with van der Waals surface area (Å²) in [6, 6.07) is 5.87. The monoisotopic (exact) mass is 337 g/mol. The van der Waals surface area contributed by atoms with Gasteiger partial charge in [-0.15, -0.1) is 11.3 Å². The van der Waals surface area contributed by atoms with Crippen molar-refractivity contribution in [1.29, 1.82) is 0 Å². The Balaban J connectivity index is 2.10. The molecular formula is C16H20NO3PS. The molecule has 0 bridgehead atoms. The molecule has 0 fully saturated rings. The van der Waals surface area contributed by atoms with Crippen LogP contribution in [0.3, 0.4) is 0 Å². The normalized spacial score (nSPS) is 14.3. The number of aryl methyl sites for hydroxylation is 2. The van der Waals surface area contributed by atoms with E-state index in [-0.39, 0.29) is 0 Å². The van der Waals surface area contributed by atoms with Gasteiger partial charge in [-0.1, -0.05) is 6.07 Å². The Labute approximate surface area is 135 Å². The van der Waals surface area contributed by atoms with E-state index in [9.17, 15) is 4.57 Å². The minimum absolute atomic E-state index is 0.357. The topological polar surface area (TPSA) is 48.4 Å². The molecule has 4 nitrogen and oxygen atoms in total. The van der Waals surface area contributed by atoms with Crippen LogP contribution in [0.2, 0.25) is 0 Å². The average molecular weight is 337 g/mol. The number of thiazole rings is 1. The van der Waals surface area contributed by atoms with Gasteiger partial charge in [0.25, 0.3) is 0 Å². The SMILES string of the molecule is CCOP(=O)(OCC)c1ccc2c(c1)-c1ncsc1CCC2. The Bertz CT molecular complexity index is 703. The molecular weight excluding hydrogens is 317 g/mol. The number of aromatic nitrogens is 1. The minimum Gasteiger partial charge on any atom is -0.305 e. The fourth-order valence-corrected chi connectivity index (χ4v) is 5.23. The van der Waals surface area contributed by atoms with Crippen LogP contribution >= 0.6 is 18.9 Å². The van der Waals surface area contributed by atoms with Gasteiger partial charge in [0.1, 0.15) is 0 Å². The Kier molecular flexibility index (Phi) is 4.79. The van der Waals surface area contributed by atoms with Gasteiger partial charge in [0.2, 0.25) is 0 Å². The van der Waals surface area contributed by atoms with E-state index in [1.807, 2.05) is 37.6 Å². The van der Waals surface area contributed by atoms with Crippen LogP contribution < -0.4 is 5.30 Å². The standard InChI is InChI=1S/C16H20NO3PS/c1-3-19-21(18,20-4-2)13-9-8-12-6-5-7-15-16(14(12)10-13)17-11-22-15/h8-11H,3-7H2,1-2H3. The lowest BCUT2D eigenvalue weighted by Crippen LogP contribution is -2.11. The molecule has 6 heteroatoms. The quantitative estimate of drug-likeness (QED) is 0.768. The number of hydrogen-bond donors (Lipinski definition) is 0. The highest BCUT2D eigenvalue weighted by Crippen LogP contribution is 2.48. The maximum atomic E-state index is 13.0. The first-order valence-electron chi connectivity index (χ1n) is 7.63. The van der Waals surface area contributed by atoms with Crippen molar-refractivity contribution in [1.82, 2.24) is 4.98 Å². The lowest BCUT2D eigenvalue weighted by atomic mass is 10.0. The van der Waals surface area contributed by atoms with Crippen molar-refractivity contribution in [3.8, 4) is 11.3 Å². The van der Waals surface area contributed by atoms with Crippen LogP contribution in [0.25, 0.3) is 11.3 Å². The van der Waals surface area contributed by atoms with Gasteiger partial charge in [-0.25, -0.2) is 4.98 Å². The Morgan fingerprint density at radius 2 is 2.00 bits per heavy atom. The van der Waals surface area contributed by atoms with Crippen molar-refractivity contribution >= 4 is 24.2 Å². The lowest BCUT2D eigenvalue weighted by Gasteiger charge is -2.18. The van der Waals surface area contributed by atoms with Crippen molar-refractivity contribution in [2.75, 3.05) is 13.2 Å².